The van der Waals surface area contributed by atoms with E-state index < -0.39 is 5.60 Å². The molecule has 6 heteroatoms. The standard InChI is InChI=1S/C15H20N4O2/c1-15(2,21)11-18(3)14(20)17-12-5-7-13(8-6-12)19-10-4-9-16-19/h4-10,21H,11H2,1-3H3,(H,17,20). The van der Waals surface area contributed by atoms with Gasteiger partial charge in [-0.05, 0) is 44.2 Å². The van der Waals surface area contributed by atoms with Crippen LogP contribution in [0, 0.1) is 0 Å². The smallest absolute Gasteiger partial charge is 0.321 e. The summed E-state index contributed by atoms with van der Waals surface area (Å²) in [5.74, 6) is 0. The maximum Gasteiger partial charge on any atom is 0.321 e. The SMILES string of the molecule is CN(CC(C)(C)O)C(=O)Nc1ccc(-n2cccn2)cc1. The van der Waals surface area contributed by atoms with Crippen molar-refractivity contribution in [3.63, 3.8) is 0 Å². The Morgan fingerprint density at radius 2 is 2.05 bits per heavy atom. The maximum atomic E-state index is 12.0. The zero-order chi connectivity index (χ0) is 15.5. The van der Waals surface area contributed by atoms with E-state index in [0.717, 1.165) is 5.69 Å². The van der Waals surface area contributed by atoms with E-state index in [2.05, 4.69) is 10.4 Å². The molecular formula is C15H20N4O2. The van der Waals surface area contributed by atoms with E-state index in [4.69, 9.17) is 0 Å². The topological polar surface area (TPSA) is 70.4 Å². The van der Waals surface area contributed by atoms with E-state index in [-0.39, 0.29) is 12.6 Å². The van der Waals surface area contributed by atoms with Gasteiger partial charge in [-0.3, -0.25) is 0 Å². The number of carbonyl (C=O) groups excluding carboxylic acids is 1. The first-order chi connectivity index (χ1) is 9.85. The quantitative estimate of drug-likeness (QED) is 0.905. The summed E-state index contributed by atoms with van der Waals surface area (Å²) in [6, 6.07) is 8.96. The first-order valence-corrected chi connectivity index (χ1v) is 6.70. The summed E-state index contributed by atoms with van der Waals surface area (Å²) in [5, 5.41) is 16.6. The van der Waals surface area contributed by atoms with Crippen molar-refractivity contribution in [2.45, 2.75) is 19.4 Å². The Labute approximate surface area is 124 Å². The number of carbonyl (C=O) groups is 1. The molecule has 6 nitrogen and oxygen atoms in total. The molecule has 2 rings (SSSR count). The highest BCUT2D eigenvalue weighted by Gasteiger charge is 2.19. The van der Waals surface area contributed by atoms with Crippen LogP contribution in [0.1, 0.15) is 13.8 Å². The van der Waals surface area contributed by atoms with E-state index in [1.165, 1.54) is 4.90 Å². The largest absolute Gasteiger partial charge is 0.389 e. The number of nitrogens with zero attached hydrogens (tertiary/aromatic N) is 3. The average molecular weight is 288 g/mol. The van der Waals surface area contributed by atoms with Crippen LogP contribution < -0.4 is 5.32 Å². The normalized spacial score (nSPS) is 11.2. The van der Waals surface area contributed by atoms with Crippen LogP contribution in [0.15, 0.2) is 42.7 Å². The highest BCUT2D eigenvalue weighted by Crippen LogP contribution is 2.13. The molecule has 0 unspecified atom stereocenters. The van der Waals surface area contributed by atoms with Crippen LogP contribution in [0.5, 0.6) is 0 Å². The first kappa shape index (κ1) is 15.1. The number of benzene rings is 1. The molecule has 1 heterocycles. The fourth-order valence-electron chi connectivity index (χ4n) is 1.99. The van der Waals surface area contributed by atoms with Crippen LogP contribution in [-0.4, -0.2) is 45.0 Å². The van der Waals surface area contributed by atoms with Crippen molar-refractivity contribution in [2.24, 2.45) is 0 Å². The van der Waals surface area contributed by atoms with Gasteiger partial charge in [0.25, 0.3) is 0 Å². The molecule has 0 saturated heterocycles. The number of amides is 2. The van der Waals surface area contributed by atoms with Gasteiger partial charge in [-0.2, -0.15) is 5.10 Å². The highest BCUT2D eigenvalue weighted by molar-refractivity contribution is 5.89. The predicted molar refractivity (Wildman–Crippen MR) is 81.5 cm³/mol. The van der Waals surface area contributed by atoms with Gasteiger partial charge in [0.05, 0.1) is 17.8 Å². The monoisotopic (exact) mass is 288 g/mol. The Kier molecular flexibility index (Phi) is 4.28. The molecular weight excluding hydrogens is 268 g/mol. The summed E-state index contributed by atoms with van der Waals surface area (Å²) in [5.41, 5.74) is 0.692. The third-order valence-electron chi connectivity index (χ3n) is 2.86. The molecule has 0 saturated carbocycles. The van der Waals surface area contributed by atoms with Crippen LogP contribution in [0.2, 0.25) is 0 Å². The number of urea groups is 1. The van der Waals surface area contributed by atoms with Gasteiger partial charge >= 0.3 is 6.03 Å². The third kappa shape index (κ3) is 4.32. The Bertz CT molecular complexity index is 585. The summed E-state index contributed by atoms with van der Waals surface area (Å²) in [6.45, 7) is 3.58. The van der Waals surface area contributed by atoms with Crippen molar-refractivity contribution in [2.75, 3.05) is 18.9 Å². The number of aromatic nitrogens is 2. The molecule has 1 aromatic carbocycles. The van der Waals surface area contributed by atoms with E-state index >= 15 is 0 Å². The van der Waals surface area contributed by atoms with E-state index in [1.807, 2.05) is 36.5 Å². The minimum atomic E-state index is -0.921. The second-order valence-electron chi connectivity index (χ2n) is 5.60. The lowest BCUT2D eigenvalue weighted by Crippen LogP contribution is -2.41. The minimum absolute atomic E-state index is 0.254. The van der Waals surface area contributed by atoms with Crippen LogP contribution in [0.3, 0.4) is 0 Å². The molecule has 0 radical (unpaired) electrons. The fourth-order valence-corrected chi connectivity index (χ4v) is 1.99. The average Bonchev–Trinajstić information content (AvgIpc) is 2.91. The van der Waals surface area contributed by atoms with Gasteiger partial charge in [0.15, 0.2) is 0 Å². The molecule has 0 aliphatic heterocycles. The number of aliphatic hydroxyl groups is 1. The number of rotatable bonds is 4. The van der Waals surface area contributed by atoms with Gasteiger partial charge in [-0.25, -0.2) is 9.48 Å². The maximum absolute atomic E-state index is 12.0. The lowest BCUT2D eigenvalue weighted by Gasteiger charge is -2.25. The molecule has 0 fully saturated rings. The van der Waals surface area contributed by atoms with Crippen molar-refractivity contribution >= 4 is 11.7 Å². The lowest BCUT2D eigenvalue weighted by molar-refractivity contribution is 0.0550. The van der Waals surface area contributed by atoms with Crippen molar-refractivity contribution in [1.82, 2.24) is 14.7 Å². The molecule has 2 aromatic rings. The minimum Gasteiger partial charge on any atom is -0.389 e. The molecule has 1 aromatic heterocycles. The second kappa shape index (κ2) is 5.97. The summed E-state index contributed by atoms with van der Waals surface area (Å²) < 4.78 is 1.74. The number of hydrogen-bond donors (Lipinski definition) is 2. The summed E-state index contributed by atoms with van der Waals surface area (Å²) in [4.78, 5) is 13.4. The Morgan fingerprint density at radius 3 is 2.57 bits per heavy atom. The number of hydrogen-bond acceptors (Lipinski definition) is 3. The first-order valence-electron chi connectivity index (χ1n) is 6.70. The van der Waals surface area contributed by atoms with E-state index in [0.29, 0.717) is 5.69 Å². The molecule has 0 aliphatic carbocycles. The van der Waals surface area contributed by atoms with Crippen molar-refractivity contribution in [3.05, 3.63) is 42.7 Å². The molecule has 0 atom stereocenters. The lowest BCUT2D eigenvalue weighted by atomic mass is 10.1. The number of anilines is 1. The third-order valence-corrected chi connectivity index (χ3v) is 2.86. The van der Waals surface area contributed by atoms with Crippen molar-refractivity contribution < 1.29 is 9.90 Å². The molecule has 2 N–H and O–H groups in total. The zero-order valence-corrected chi connectivity index (χ0v) is 12.4. The van der Waals surface area contributed by atoms with Gasteiger partial charge in [-0.1, -0.05) is 0 Å². The van der Waals surface area contributed by atoms with E-state index in [9.17, 15) is 9.90 Å². The van der Waals surface area contributed by atoms with Gasteiger partial charge in [0.2, 0.25) is 0 Å². The Balaban J connectivity index is 1.99. The number of likely N-dealkylation sites (N-methyl/N-ethyl adjacent to an activating group) is 1. The van der Waals surface area contributed by atoms with Crippen LogP contribution >= 0.6 is 0 Å². The summed E-state index contributed by atoms with van der Waals surface area (Å²) in [6.07, 6.45) is 3.56. The van der Waals surface area contributed by atoms with Gasteiger partial charge in [0.1, 0.15) is 0 Å². The van der Waals surface area contributed by atoms with Crippen molar-refractivity contribution in [3.8, 4) is 5.69 Å². The summed E-state index contributed by atoms with van der Waals surface area (Å²) in [7, 11) is 1.64. The van der Waals surface area contributed by atoms with Crippen LogP contribution in [-0.2, 0) is 0 Å². The van der Waals surface area contributed by atoms with Gasteiger partial charge in [0, 0.05) is 25.1 Å². The predicted octanol–water partition coefficient (Wildman–Crippen LogP) is 2.11. The molecule has 0 bridgehead atoms. The van der Waals surface area contributed by atoms with Gasteiger partial charge < -0.3 is 15.3 Å². The molecule has 2 amide bonds. The summed E-state index contributed by atoms with van der Waals surface area (Å²) >= 11 is 0. The number of nitrogens with one attached hydrogen (secondary N) is 1. The molecule has 112 valence electrons. The fraction of sp³-hybridized carbons (Fsp3) is 0.333. The van der Waals surface area contributed by atoms with Crippen molar-refractivity contribution in [1.29, 1.82) is 0 Å². The van der Waals surface area contributed by atoms with E-state index in [1.54, 1.807) is 31.8 Å². The molecule has 21 heavy (non-hydrogen) atoms. The molecule has 0 spiro atoms. The van der Waals surface area contributed by atoms with Crippen LogP contribution in [0.25, 0.3) is 5.69 Å². The Morgan fingerprint density at radius 1 is 1.38 bits per heavy atom. The zero-order valence-electron chi connectivity index (χ0n) is 12.4. The van der Waals surface area contributed by atoms with Crippen LogP contribution in [0.4, 0.5) is 10.5 Å². The Hall–Kier alpha value is -2.34. The van der Waals surface area contributed by atoms with Gasteiger partial charge in [-0.15, -0.1) is 0 Å². The molecule has 0 aliphatic rings. The highest BCUT2D eigenvalue weighted by atomic mass is 16.3. The second-order valence-corrected chi connectivity index (χ2v) is 5.60.